The quantitative estimate of drug-likeness (QED) is 0.189. The van der Waals surface area contributed by atoms with Crippen LogP contribution in [0.3, 0.4) is 0 Å². The van der Waals surface area contributed by atoms with E-state index in [-0.39, 0.29) is 24.9 Å². The molecule has 0 atom stereocenters. The highest BCUT2D eigenvalue weighted by Gasteiger charge is 2.24. The van der Waals surface area contributed by atoms with Gasteiger partial charge in [-0.15, -0.1) is 0 Å². The van der Waals surface area contributed by atoms with Crippen LogP contribution in [-0.4, -0.2) is 25.0 Å². The van der Waals surface area contributed by atoms with Crippen LogP contribution >= 0.6 is 0 Å². The van der Waals surface area contributed by atoms with Crippen LogP contribution in [0.5, 0.6) is 23.1 Å². The van der Waals surface area contributed by atoms with Crippen molar-refractivity contribution in [3.63, 3.8) is 0 Å². The van der Waals surface area contributed by atoms with Crippen LogP contribution < -0.4 is 18.9 Å². The zero-order valence-electron chi connectivity index (χ0n) is 20.2. The number of ketones is 1. The summed E-state index contributed by atoms with van der Waals surface area (Å²) < 4.78 is 23.6. The van der Waals surface area contributed by atoms with Gasteiger partial charge in [-0.25, -0.2) is 4.98 Å². The highest BCUT2D eigenvalue weighted by Crippen LogP contribution is 2.46. The predicted octanol–water partition coefficient (Wildman–Crippen LogP) is 6.15. The van der Waals surface area contributed by atoms with E-state index >= 15 is 0 Å². The van der Waals surface area contributed by atoms with Crippen LogP contribution in [-0.2, 0) is 13.2 Å². The molecule has 0 aliphatic heterocycles. The lowest BCUT2D eigenvalue weighted by atomic mass is 10.1. The van der Waals surface area contributed by atoms with E-state index in [0.29, 0.717) is 28.5 Å². The molecule has 0 unspecified atom stereocenters. The van der Waals surface area contributed by atoms with Crippen molar-refractivity contribution in [2.45, 2.75) is 13.2 Å². The third-order valence-corrected chi connectivity index (χ3v) is 5.36. The molecular weight excluding hydrogens is 454 g/mol. The maximum Gasteiger partial charge on any atom is 0.261 e. The first-order chi connectivity index (χ1) is 17.7. The summed E-state index contributed by atoms with van der Waals surface area (Å²) in [5, 5.41) is 0. The van der Waals surface area contributed by atoms with Crippen molar-refractivity contribution in [1.29, 1.82) is 0 Å². The number of benzene rings is 3. The molecule has 4 rings (SSSR count). The molecule has 0 amide bonds. The van der Waals surface area contributed by atoms with E-state index in [0.717, 1.165) is 11.1 Å². The predicted molar refractivity (Wildman–Crippen MR) is 139 cm³/mol. The maximum absolute atomic E-state index is 12.7. The third kappa shape index (κ3) is 6.10. The zero-order valence-corrected chi connectivity index (χ0v) is 20.2. The van der Waals surface area contributed by atoms with Gasteiger partial charge < -0.3 is 18.9 Å². The Morgan fingerprint density at radius 3 is 1.75 bits per heavy atom. The monoisotopic (exact) mass is 481 g/mol. The van der Waals surface area contributed by atoms with Gasteiger partial charge in [0, 0.05) is 5.56 Å². The van der Waals surface area contributed by atoms with E-state index in [4.69, 9.17) is 18.9 Å². The molecule has 36 heavy (non-hydrogen) atoms. The van der Waals surface area contributed by atoms with Gasteiger partial charge in [0.05, 0.1) is 14.2 Å². The summed E-state index contributed by atoms with van der Waals surface area (Å²) in [6, 6.07) is 28.5. The van der Waals surface area contributed by atoms with Gasteiger partial charge in [0.25, 0.3) is 5.88 Å². The topological polar surface area (TPSA) is 66.9 Å². The first-order valence-corrected chi connectivity index (χ1v) is 11.5. The minimum atomic E-state index is -0.159. The second kappa shape index (κ2) is 12.2. The molecular formula is C30H27NO5. The Labute approximate surface area is 210 Å². The number of aromatic nitrogens is 1. The van der Waals surface area contributed by atoms with Gasteiger partial charge in [0.15, 0.2) is 11.5 Å². The lowest BCUT2D eigenvalue weighted by Crippen LogP contribution is -2.07. The molecule has 4 aromatic rings. The molecule has 0 saturated carbocycles. The molecule has 1 aromatic heterocycles. The van der Waals surface area contributed by atoms with Crippen molar-refractivity contribution in [2.75, 3.05) is 14.2 Å². The number of carbonyl (C=O) groups excluding carboxylic acids is 1. The molecule has 0 radical (unpaired) electrons. The Hall–Kier alpha value is -4.58. The van der Waals surface area contributed by atoms with E-state index in [9.17, 15) is 4.79 Å². The number of carbonyl (C=O) groups is 1. The minimum absolute atomic E-state index is 0.159. The second-order valence-electron chi connectivity index (χ2n) is 7.81. The molecule has 6 nitrogen and oxygen atoms in total. The number of pyridine rings is 1. The van der Waals surface area contributed by atoms with Crippen molar-refractivity contribution >= 4 is 11.9 Å². The van der Waals surface area contributed by atoms with Crippen LogP contribution in [0.1, 0.15) is 27.2 Å². The fourth-order valence-electron chi connectivity index (χ4n) is 3.54. The van der Waals surface area contributed by atoms with Gasteiger partial charge in [-0.05, 0) is 23.3 Å². The van der Waals surface area contributed by atoms with E-state index in [2.05, 4.69) is 4.98 Å². The Kier molecular flexibility index (Phi) is 8.33. The van der Waals surface area contributed by atoms with Crippen LogP contribution in [0.2, 0.25) is 0 Å². The average Bonchev–Trinajstić information content (AvgIpc) is 2.95. The number of ether oxygens (including phenoxy) is 4. The molecule has 3 aromatic carbocycles. The molecule has 0 saturated heterocycles. The first kappa shape index (κ1) is 24.5. The van der Waals surface area contributed by atoms with E-state index < -0.39 is 0 Å². The number of hydrogen-bond donors (Lipinski definition) is 0. The molecule has 182 valence electrons. The van der Waals surface area contributed by atoms with Crippen molar-refractivity contribution in [2.24, 2.45) is 0 Å². The zero-order chi connectivity index (χ0) is 25.2. The van der Waals surface area contributed by atoms with Crippen molar-refractivity contribution in [1.82, 2.24) is 4.98 Å². The molecule has 0 spiro atoms. The summed E-state index contributed by atoms with van der Waals surface area (Å²) in [6.07, 6.45) is 3.06. The molecule has 0 N–H and O–H groups in total. The average molecular weight is 482 g/mol. The second-order valence-corrected chi connectivity index (χ2v) is 7.81. The van der Waals surface area contributed by atoms with E-state index in [1.165, 1.54) is 20.3 Å². The molecule has 1 heterocycles. The fourth-order valence-corrected chi connectivity index (χ4v) is 3.54. The number of methoxy groups -OCH3 is 2. The Balaban J connectivity index is 1.75. The smallest absolute Gasteiger partial charge is 0.261 e. The molecule has 0 bridgehead atoms. The summed E-state index contributed by atoms with van der Waals surface area (Å²) in [5.41, 5.74) is 2.90. The van der Waals surface area contributed by atoms with Gasteiger partial charge in [0.2, 0.25) is 11.5 Å². The molecule has 0 aliphatic carbocycles. The van der Waals surface area contributed by atoms with Gasteiger partial charge in [0.1, 0.15) is 18.9 Å². The van der Waals surface area contributed by atoms with Crippen LogP contribution in [0.15, 0.2) is 97.1 Å². The van der Waals surface area contributed by atoms with Crippen LogP contribution in [0.4, 0.5) is 0 Å². The normalized spacial score (nSPS) is 10.7. The minimum Gasteiger partial charge on any atom is -0.488 e. The summed E-state index contributed by atoms with van der Waals surface area (Å²) in [4.78, 5) is 17.3. The Morgan fingerprint density at radius 2 is 1.22 bits per heavy atom. The number of hydrogen-bond acceptors (Lipinski definition) is 6. The Bertz CT molecular complexity index is 1310. The lowest BCUT2D eigenvalue weighted by molar-refractivity contribution is 0.104. The highest BCUT2D eigenvalue weighted by molar-refractivity contribution is 6.06. The van der Waals surface area contributed by atoms with Crippen LogP contribution in [0, 0.1) is 0 Å². The van der Waals surface area contributed by atoms with Gasteiger partial charge in [-0.3, -0.25) is 4.79 Å². The summed E-state index contributed by atoms with van der Waals surface area (Å²) in [5.74, 6) is 1.07. The van der Waals surface area contributed by atoms with Crippen molar-refractivity contribution in [3.05, 3.63) is 119 Å². The summed E-state index contributed by atoms with van der Waals surface area (Å²) in [7, 11) is 3.02. The summed E-state index contributed by atoms with van der Waals surface area (Å²) >= 11 is 0. The van der Waals surface area contributed by atoms with Crippen molar-refractivity contribution < 1.29 is 23.7 Å². The molecule has 0 aliphatic rings. The maximum atomic E-state index is 12.7. The van der Waals surface area contributed by atoms with E-state index in [1.54, 1.807) is 18.2 Å². The highest BCUT2D eigenvalue weighted by atomic mass is 16.6. The lowest BCUT2D eigenvalue weighted by Gasteiger charge is -2.19. The van der Waals surface area contributed by atoms with Gasteiger partial charge in [-0.1, -0.05) is 91.0 Å². The molecule has 6 heteroatoms. The SMILES string of the molecule is COc1nc(/C=C/C(=O)c2ccccc2)c(OCc2ccccc2)c(OCc2ccccc2)c1OC. The number of nitrogens with zero attached hydrogens (tertiary/aromatic N) is 1. The Morgan fingerprint density at radius 1 is 0.694 bits per heavy atom. The van der Waals surface area contributed by atoms with Crippen LogP contribution in [0.25, 0.3) is 6.08 Å². The third-order valence-electron chi connectivity index (χ3n) is 5.36. The van der Waals surface area contributed by atoms with Gasteiger partial charge in [-0.2, -0.15) is 0 Å². The first-order valence-electron chi connectivity index (χ1n) is 11.5. The standard InChI is InChI=1S/C30H27NO5/c1-33-29-28(36-21-23-14-8-4-9-15-23)27(35-20-22-12-6-3-7-13-22)25(31-30(29)34-2)18-19-26(32)24-16-10-5-11-17-24/h3-19H,20-21H2,1-2H3/b19-18+. The largest absolute Gasteiger partial charge is 0.488 e. The van der Waals surface area contributed by atoms with E-state index in [1.807, 2.05) is 78.9 Å². The molecule has 0 fully saturated rings. The summed E-state index contributed by atoms with van der Waals surface area (Å²) in [6.45, 7) is 0.547. The van der Waals surface area contributed by atoms with Crippen molar-refractivity contribution in [3.8, 4) is 23.1 Å². The van der Waals surface area contributed by atoms with Gasteiger partial charge >= 0.3 is 0 Å². The number of allylic oxidation sites excluding steroid dienone is 1. The number of rotatable bonds is 11. The fraction of sp³-hybridized carbons (Fsp3) is 0.133.